The van der Waals surface area contributed by atoms with Crippen LogP contribution < -0.4 is 5.32 Å². The average molecular weight is 281 g/mol. The van der Waals surface area contributed by atoms with Crippen molar-refractivity contribution in [2.45, 2.75) is 32.4 Å². The van der Waals surface area contributed by atoms with Gasteiger partial charge in [0.15, 0.2) is 0 Å². The lowest BCUT2D eigenvalue weighted by molar-refractivity contribution is -0.143. The van der Waals surface area contributed by atoms with Gasteiger partial charge in [-0.2, -0.15) is 11.8 Å². The van der Waals surface area contributed by atoms with Crippen LogP contribution in [-0.4, -0.2) is 42.1 Å². The topological polar surface area (TPSA) is 64.6 Å². The predicted molar refractivity (Wildman–Crippen MR) is 72.2 cm³/mol. The van der Waals surface area contributed by atoms with Crippen molar-refractivity contribution in [3.05, 3.63) is 0 Å². The number of amides is 1. The standard InChI is InChI=1S/C10H20NO4PS/c1-10(2,3)15-9(13)11-7(5-17-4)8(12)14-6-16/h7H,5-6,16H2,1-4H3,(H,11,13)/t7-/m0/s1. The summed E-state index contributed by atoms with van der Waals surface area (Å²) in [6.45, 7) is 5.28. The zero-order valence-electron chi connectivity index (χ0n) is 10.6. The Bertz CT molecular complexity index is 268. The molecule has 0 saturated heterocycles. The van der Waals surface area contributed by atoms with E-state index in [1.165, 1.54) is 11.8 Å². The van der Waals surface area contributed by atoms with E-state index in [2.05, 4.69) is 14.6 Å². The maximum absolute atomic E-state index is 11.5. The summed E-state index contributed by atoms with van der Waals surface area (Å²) >= 11 is 1.45. The molecule has 2 atom stereocenters. The van der Waals surface area contributed by atoms with Gasteiger partial charge in [0.25, 0.3) is 0 Å². The summed E-state index contributed by atoms with van der Waals surface area (Å²) in [5.74, 6) is -0.0110. The smallest absolute Gasteiger partial charge is 0.408 e. The number of carbonyl (C=O) groups excluding carboxylic acids is 2. The first-order valence-electron chi connectivity index (χ1n) is 5.15. The minimum atomic E-state index is -0.680. The maximum Gasteiger partial charge on any atom is 0.408 e. The third kappa shape index (κ3) is 8.27. The zero-order chi connectivity index (χ0) is 13.5. The van der Waals surface area contributed by atoms with E-state index < -0.39 is 23.7 Å². The highest BCUT2D eigenvalue weighted by atomic mass is 32.2. The molecule has 100 valence electrons. The molecule has 0 aromatic carbocycles. The summed E-state index contributed by atoms with van der Waals surface area (Å²) in [4.78, 5) is 23.0. The van der Waals surface area contributed by atoms with E-state index in [9.17, 15) is 9.59 Å². The molecule has 0 aliphatic rings. The number of thioether (sulfide) groups is 1. The van der Waals surface area contributed by atoms with Crippen molar-refractivity contribution < 1.29 is 19.1 Å². The Labute approximate surface area is 109 Å². The minimum Gasteiger partial charge on any atom is -0.460 e. The Morgan fingerprint density at radius 3 is 2.41 bits per heavy atom. The quantitative estimate of drug-likeness (QED) is 0.613. The molecule has 1 unspecified atom stereocenters. The van der Waals surface area contributed by atoms with E-state index in [0.717, 1.165) is 0 Å². The number of carbonyl (C=O) groups is 2. The first-order chi connectivity index (χ1) is 7.80. The van der Waals surface area contributed by atoms with Crippen LogP contribution in [0.2, 0.25) is 0 Å². The van der Waals surface area contributed by atoms with Crippen molar-refractivity contribution in [1.29, 1.82) is 0 Å². The minimum absolute atomic E-state index is 0.208. The van der Waals surface area contributed by atoms with E-state index in [0.29, 0.717) is 5.75 Å². The van der Waals surface area contributed by atoms with Crippen LogP contribution in [0.5, 0.6) is 0 Å². The molecule has 0 aromatic rings. The van der Waals surface area contributed by atoms with E-state index >= 15 is 0 Å². The number of rotatable bonds is 5. The summed E-state index contributed by atoms with van der Waals surface area (Å²) in [5, 5.41) is 2.49. The van der Waals surface area contributed by atoms with Crippen LogP contribution in [0.3, 0.4) is 0 Å². The van der Waals surface area contributed by atoms with Gasteiger partial charge in [-0.25, -0.2) is 9.59 Å². The van der Waals surface area contributed by atoms with Gasteiger partial charge >= 0.3 is 12.1 Å². The molecule has 0 aliphatic heterocycles. The predicted octanol–water partition coefficient (Wildman–Crippen LogP) is 1.62. The van der Waals surface area contributed by atoms with Gasteiger partial charge in [0.05, 0.1) is 0 Å². The summed E-state index contributed by atoms with van der Waals surface area (Å²) in [6, 6.07) is -0.680. The molecule has 0 saturated carbocycles. The molecular formula is C10H20NO4PS. The average Bonchev–Trinajstić information content (AvgIpc) is 2.14. The van der Waals surface area contributed by atoms with Crippen LogP contribution in [0.25, 0.3) is 0 Å². The Morgan fingerprint density at radius 2 is 2.00 bits per heavy atom. The molecular weight excluding hydrogens is 261 g/mol. The third-order valence-electron chi connectivity index (χ3n) is 1.53. The number of nitrogens with one attached hydrogen (secondary N) is 1. The zero-order valence-corrected chi connectivity index (χ0v) is 12.6. The molecule has 0 rings (SSSR count). The molecule has 0 bridgehead atoms. The number of hydrogen-bond donors (Lipinski definition) is 1. The van der Waals surface area contributed by atoms with Gasteiger partial charge in [-0.1, -0.05) is 9.24 Å². The fraction of sp³-hybridized carbons (Fsp3) is 0.800. The lowest BCUT2D eigenvalue weighted by atomic mass is 10.2. The Hall–Kier alpha value is -0.480. The fourth-order valence-corrected chi connectivity index (χ4v) is 1.68. The molecule has 0 heterocycles. The van der Waals surface area contributed by atoms with Gasteiger partial charge in [-0.3, -0.25) is 0 Å². The number of alkyl carbamates (subject to hydrolysis) is 1. The highest BCUT2D eigenvalue weighted by molar-refractivity contribution is 7.98. The lowest BCUT2D eigenvalue weighted by Gasteiger charge is -2.22. The van der Waals surface area contributed by atoms with Gasteiger partial charge in [0.1, 0.15) is 18.0 Å². The largest absolute Gasteiger partial charge is 0.460 e. The maximum atomic E-state index is 11.5. The summed E-state index contributed by atoms with van der Waals surface area (Å²) in [6.07, 6.45) is 1.44. The third-order valence-corrected chi connectivity index (χ3v) is 2.37. The van der Waals surface area contributed by atoms with Crippen molar-refractivity contribution in [2.75, 3.05) is 18.4 Å². The SMILES string of the molecule is CSC[C@H](NC(=O)OC(C)(C)C)C(=O)OCP. The van der Waals surface area contributed by atoms with Crippen molar-refractivity contribution >= 4 is 33.1 Å². The Balaban J connectivity index is 4.34. The monoisotopic (exact) mass is 281 g/mol. The van der Waals surface area contributed by atoms with E-state index in [4.69, 9.17) is 9.47 Å². The molecule has 1 N–H and O–H groups in total. The van der Waals surface area contributed by atoms with Crippen LogP contribution in [0.15, 0.2) is 0 Å². The highest BCUT2D eigenvalue weighted by Gasteiger charge is 2.24. The number of hydrogen-bond acceptors (Lipinski definition) is 5. The first kappa shape index (κ1) is 16.5. The van der Waals surface area contributed by atoms with Crippen molar-refractivity contribution in [3.63, 3.8) is 0 Å². The van der Waals surface area contributed by atoms with Crippen LogP contribution >= 0.6 is 21.0 Å². The van der Waals surface area contributed by atoms with Gasteiger partial charge in [0.2, 0.25) is 0 Å². The van der Waals surface area contributed by atoms with E-state index in [1.807, 2.05) is 6.26 Å². The Morgan fingerprint density at radius 1 is 1.41 bits per heavy atom. The number of ether oxygens (including phenoxy) is 2. The van der Waals surface area contributed by atoms with Gasteiger partial charge in [0, 0.05) is 5.75 Å². The normalized spacial score (nSPS) is 12.8. The molecule has 7 heteroatoms. The van der Waals surface area contributed by atoms with Gasteiger partial charge in [-0.15, -0.1) is 0 Å². The van der Waals surface area contributed by atoms with Crippen molar-refractivity contribution in [2.24, 2.45) is 0 Å². The second-order valence-electron chi connectivity index (χ2n) is 4.28. The van der Waals surface area contributed by atoms with E-state index in [1.54, 1.807) is 20.8 Å². The molecule has 0 radical (unpaired) electrons. The summed E-state index contributed by atoms with van der Waals surface area (Å²) in [7, 11) is 2.29. The van der Waals surface area contributed by atoms with Crippen molar-refractivity contribution in [1.82, 2.24) is 5.32 Å². The van der Waals surface area contributed by atoms with Gasteiger partial charge in [-0.05, 0) is 27.0 Å². The summed E-state index contributed by atoms with van der Waals surface area (Å²) in [5.41, 5.74) is -0.585. The lowest BCUT2D eigenvalue weighted by Crippen LogP contribution is -2.45. The molecule has 0 aromatic heterocycles. The van der Waals surface area contributed by atoms with Crippen molar-refractivity contribution in [3.8, 4) is 0 Å². The second-order valence-corrected chi connectivity index (χ2v) is 5.53. The molecule has 0 aliphatic carbocycles. The molecule has 0 spiro atoms. The molecule has 0 fully saturated rings. The summed E-state index contributed by atoms with van der Waals surface area (Å²) < 4.78 is 9.90. The molecule has 17 heavy (non-hydrogen) atoms. The van der Waals surface area contributed by atoms with Gasteiger partial charge < -0.3 is 14.8 Å². The second kappa shape index (κ2) is 7.77. The van der Waals surface area contributed by atoms with Crippen LogP contribution in [0.1, 0.15) is 20.8 Å². The highest BCUT2D eigenvalue weighted by Crippen LogP contribution is 2.08. The van der Waals surface area contributed by atoms with E-state index in [-0.39, 0.29) is 6.35 Å². The molecule has 5 nitrogen and oxygen atoms in total. The fourth-order valence-electron chi connectivity index (χ4n) is 0.968. The number of esters is 1. The Kier molecular flexibility index (Phi) is 7.55. The van der Waals surface area contributed by atoms with Crippen LogP contribution in [-0.2, 0) is 14.3 Å². The first-order valence-corrected chi connectivity index (χ1v) is 7.36. The molecule has 1 amide bonds. The van der Waals surface area contributed by atoms with Crippen LogP contribution in [0, 0.1) is 0 Å². The van der Waals surface area contributed by atoms with Crippen LogP contribution in [0.4, 0.5) is 4.79 Å².